The van der Waals surface area contributed by atoms with Gasteiger partial charge >= 0.3 is 0 Å². The first-order valence-electron chi connectivity index (χ1n) is 4.80. The number of hydrazine groups is 1. The second kappa shape index (κ2) is 5.01. The van der Waals surface area contributed by atoms with Crippen LogP contribution in [0.4, 0.5) is 11.5 Å². The van der Waals surface area contributed by atoms with E-state index in [1.54, 1.807) is 6.92 Å². The van der Waals surface area contributed by atoms with Gasteiger partial charge in [-0.15, -0.1) is 0 Å². The Kier molecular flexibility index (Phi) is 3.70. The Morgan fingerprint density at radius 3 is 2.76 bits per heavy atom. The molecule has 0 amide bonds. The minimum absolute atomic E-state index is 0.330. The summed E-state index contributed by atoms with van der Waals surface area (Å²) in [6.07, 6.45) is 2.92. The topological polar surface area (TPSA) is 118 Å². The highest BCUT2D eigenvalue weighted by Gasteiger charge is 2.09. The summed E-state index contributed by atoms with van der Waals surface area (Å²) in [6, 6.07) is 3.49. The zero-order valence-electron chi connectivity index (χ0n) is 9.51. The van der Waals surface area contributed by atoms with Gasteiger partial charge in [0.15, 0.2) is 0 Å². The molecule has 17 heavy (non-hydrogen) atoms. The third-order valence-corrected chi connectivity index (χ3v) is 2.12. The lowest BCUT2D eigenvalue weighted by molar-refractivity contribution is 1.000. The lowest BCUT2D eigenvalue weighted by atomic mass is 10.2. The van der Waals surface area contributed by atoms with Gasteiger partial charge in [0.1, 0.15) is 11.9 Å². The molecule has 0 radical (unpaired) electrons. The number of aryl methyl sites for hydroxylation is 1. The molecule has 6 N–H and O–H groups in total. The maximum Gasteiger partial charge on any atom is 0.149 e. The van der Waals surface area contributed by atoms with Crippen LogP contribution in [0.3, 0.4) is 0 Å². The van der Waals surface area contributed by atoms with E-state index in [2.05, 4.69) is 11.6 Å². The van der Waals surface area contributed by atoms with Crippen LogP contribution in [0.15, 0.2) is 30.6 Å². The van der Waals surface area contributed by atoms with Crippen LogP contribution in [-0.4, -0.2) is 4.98 Å². The Morgan fingerprint density at radius 1 is 1.65 bits per heavy atom. The molecule has 1 rings (SSSR count). The summed E-state index contributed by atoms with van der Waals surface area (Å²) in [5, 5.41) is 10.1. The standard InChI is InChI=1S/C11H14N6/c1-3-8(13)6-17(15)11-4-10(14)9(5-12)7(2)16-11/h3-4,6H,1,13,15H2,2H3,(H2,14,16)/b8-6-. The van der Waals surface area contributed by atoms with E-state index in [0.717, 1.165) is 0 Å². The SMILES string of the molecule is C=C/C(N)=C/N(N)c1cc(N)c(C#N)c(C)n1. The first-order chi connectivity index (χ1) is 7.99. The molecule has 0 unspecified atom stereocenters. The molecule has 0 spiro atoms. The number of rotatable bonds is 3. The molecule has 0 fully saturated rings. The fourth-order valence-electron chi connectivity index (χ4n) is 1.24. The van der Waals surface area contributed by atoms with E-state index in [4.69, 9.17) is 22.6 Å². The molecule has 0 aliphatic rings. The van der Waals surface area contributed by atoms with Gasteiger partial charge in [0.05, 0.1) is 16.9 Å². The van der Waals surface area contributed by atoms with Gasteiger partial charge in [-0.2, -0.15) is 5.26 Å². The molecule has 0 aromatic carbocycles. The van der Waals surface area contributed by atoms with Crippen molar-refractivity contribution in [2.24, 2.45) is 11.6 Å². The maximum absolute atomic E-state index is 8.85. The van der Waals surface area contributed by atoms with Gasteiger partial charge in [0.2, 0.25) is 0 Å². The minimum Gasteiger partial charge on any atom is -0.398 e. The lowest BCUT2D eigenvalue weighted by Gasteiger charge is -2.15. The number of nitrogen functional groups attached to an aromatic ring is 1. The van der Waals surface area contributed by atoms with Crippen LogP contribution in [0.2, 0.25) is 0 Å². The fourth-order valence-corrected chi connectivity index (χ4v) is 1.24. The van der Waals surface area contributed by atoms with E-state index in [0.29, 0.717) is 28.5 Å². The van der Waals surface area contributed by atoms with Crippen molar-refractivity contribution < 1.29 is 0 Å². The number of pyridine rings is 1. The molecule has 0 atom stereocenters. The van der Waals surface area contributed by atoms with Crippen LogP contribution >= 0.6 is 0 Å². The van der Waals surface area contributed by atoms with Crippen molar-refractivity contribution in [3.8, 4) is 6.07 Å². The maximum atomic E-state index is 8.85. The number of nitrogens with two attached hydrogens (primary N) is 3. The Bertz CT molecular complexity index is 488. The van der Waals surface area contributed by atoms with Crippen molar-refractivity contribution in [1.82, 2.24) is 4.98 Å². The lowest BCUT2D eigenvalue weighted by Crippen LogP contribution is -2.27. The van der Waals surface area contributed by atoms with Gasteiger partial charge in [0.25, 0.3) is 0 Å². The van der Waals surface area contributed by atoms with Gasteiger partial charge in [-0.1, -0.05) is 6.58 Å². The molecule has 1 aromatic rings. The second-order valence-electron chi connectivity index (χ2n) is 3.38. The van der Waals surface area contributed by atoms with Crippen molar-refractivity contribution in [3.05, 3.63) is 41.9 Å². The van der Waals surface area contributed by atoms with E-state index in [1.165, 1.54) is 23.4 Å². The smallest absolute Gasteiger partial charge is 0.149 e. The Hall–Kier alpha value is -2.52. The van der Waals surface area contributed by atoms with Crippen LogP contribution in [0, 0.1) is 18.3 Å². The molecule has 0 bridgehead atoms. The predicted octanol–water partition coefficient (Wildman–Crippen LogP) is 0.510. The van der Waals surface area contributed by atoms with E-state index < -0.39 is 0 Å². The summed E-state index contributed by atoms with van der Waals surface area (Å²) >= 11 is 0. The molecule has 0 aliphatic heterocycles. The molecule has 88 valence electrons. The van der Waals surface area contributed by atoms with Crippen molar-refractivity contribution in [1.29, 1.82) is 5.26 Å². The number of aromatic nitrogens is 1. The third-order valence-electron chi connectivity index (χ3n) is 2.12. The monoisotopic (exact) mass is 230 g/mol. The molecular weight excluding hydrogens is 216 g/mol. The van der Waals surface area contributed by atoms with E-state index in [1.807, 2.05) is 6.07 Å². The number of nitrogens with zero attached hydrogens (tertiary/aromatic N) is 3. The summed E-state index contributed by atoms with van der Waals surface area (Å²) < 4.78 is 0. The Labute approximate surface area is 99.6 Å². The number of nitriles is 1. The van der Waals surface area contributed by atoms with E-state index in [-0.39, 0.29) is 0 Å². The van der Waals surface area contributed by atoms with E-state index >= 15 is 0 Å². The van der Waals surface area contributed by atoms with Gasteiger partial charge in [-0.3, -0.25) is 5.01 Å². The van der Waals surface area contributed by atoms with Crippen molar-refractivity contribution >= 4 is 11.5 Å². The van der Waals surface area contributed by atoms with E-state index in [9.17, 15) is 0 Å². The minimum atomic E-state index is 0.330. The third kappa shape index (κ3) is 2.74. The second-order valence-corrected chi connectivity index (χ2v) is 3.38. The molecule has 0 saturated carbocycles. The van der Waals surface area contributed by atoms with Gasteiger partial charge in [-0.25, -0.2) is 10.8 Å². The zero-order valence-corrected chi connectivity index (χ0v) is 9.51. The van der Waals surface area contributed by atoms with Crippen LogP contribution in [0.1, 0.15) is 11.3 Å². The number of hydrogen-bond acceptors (Lipinski definition) is 6. The highest BCUT2D eigenvalue weighted by molar-refractivity contribution is 5.62. The normalized spacial score (nSPS) is 10.8. The van der Waals surface area contributed by atoms with Crippen molar-refractivity contribution in [2.75, 3.05) is 10.7 Å². The quantitative estimate of drug-likeness (QED) is 0.395. The summed E-state index contributed by atoms with van der Waals surface area (Å²) in [6.45, 7) is 5.19. The molecular formula is C11H14N6. The molecule has 1 heterocycles. The van der Waals surface area contributed by atoms with Gasteiger partial charge in [-0.05, 0) is 13.0 Å². The predicted molar refractivity (Wildman–Crippen MR) is 67.2 cm³/mol. The van der Waals surface area contributed by atoms with Crippen LogP contribution in [0.5, 0.6) is 0 Å². The number of hydrogen-bond donors (Lipinski definition) is 3. The van der Waals surface area contributed by atoms with Crippen LogP contribution < -0.4 is 22.3 Å². The molecule has 0 saturated heterocycles. The molecule has 6 heteroatoms. The van der Waals surface area contributed by atoms with Gasteiger partial charge < -0.3 is 11.5 Å². The summed E-state index contributed by atoms with van der Waals surface area (Å²) in [4.78, 5) is 4.16. The highest BCUT2D eigenvalue weighted by atomic mass is 15.4. The first-order valence-corrected chi connectivity index (χ1v) is 4.80. The highest BCUT2D eigenvalue weighted by Crippen LogP contribution is 2.20. The molecule has 0 aliphatic carbocycles. The summed E-state index contributed by atoms with van der Waals surface area (Å²) in [5.74, 6) is 6.14. The molecule has 1 aromatic heterocycles. The summed E-state index contributed by atoms with van der Waals surface area (Å²) in [7, 11) is 0. The average molecular weight is 230 g/mol. The summed E-state index contributed by atoms with van der Waals surface area (Å²) in [5.41, 5.74) is 12.9. The number of anilines is 2. The van der Waals surface area contributed by atoms with Gasteiger partial charge in [0, 0.05) is 18.0 Å². The Morgan fingerprint density at radius 2 is 2.29 bits per heavy atom. The average Bonchev–Trinajstić information content (AvgIpc) is 2.28. The number of allylic oxidation sites excluding steroid dienone is 1. The largest absolute Gasteiger partial charge is 0.398 e. The van der Waals surface area contributed by atoms with Crippen molar-refractivity contribution in [3.63, 3.8) is 0 Å². The Balaban J connectivity index is 3.18. The van der Waals surface area contributed by atoms with Crippen LogP contribution in [0.25, 0.3) is 0 Å². The van der Waals surface area contributed by atoms with Crippen molar-refractivity contribution in [2.45, 2.75) is 6.92 Å². The molecule has 6 nitrogen and oxygen atoms in total. The fraction of sp³-hybridized carbons (Fsp3) is 0.0909. The zero-order chi connectivity index (χ0) is 13.0. The first kappa shape index (κ1) is 12.5. The van der Waals surface area contributed by atoms with Crippen LogP contribution in [-0.2, 0) is 0 Å².